The maximum atomic E-state index is 13.6. The minimum Gasteiger partial charge on any atom is -0.508 e. The number of nitrogens with one attached hydrogen (secondary N) is 1. The summed E-state index contributed by atoms with van der Waals surface area (Å²) in [5.74, 6) is 0.0697. The van der Waals surface area contributed by atoms with Crippen LogP contribution in [-0.2, 0) is 15.5 Å². The van der Waals surface area contributed by atoms with Gasteiger partial charge in [0, 0.05) is 16.2 Å². The molecule has 0 atom stereocenters. The molecule has 0 unspecified atom stereocenters. The third-order valence-corrected chi connectivity index (χ3v) is 8.53. The highest BCUT2D eigenvalue weighted by Gasteiger charge is 2.32. The van der Waals surface area contributed by atoms with Crippen LogP contribution in [0, 0.1) is 10.9 Å². The van der Waals surface area contributed by atoms with Crippen LogP contribution in [0.25, 0.3) is 15.9 Å². The third kappa shape index (κ3) is 5.08. The number of rotatable bonds is 7. The van der Waals surface area contributed by atoms with Crippen molar-refractivity contribution >= 4 is 20.9 Å². The van der Waals surface area contributed by atoms with E-state index >= 15 is 0 Å². The number of fused-ring (bicyclic) bond motifs is 1. The lowest BCUT2D eigenvalue weighted by atomic mass is 9.71. The predicted molar refractivity (Wildman–Crippen MR) is 156 cm³/mol. The number of hydrogen-bond donors (Lipinski definition) is 3. The van der Waals surface area contributed by atoms with Crippen LogP contribution in [0.3, 0.4) is 0 Å². The molecule has 0 saturated heterocycles. The second kappa shape index (κ2) is 11.3. The zero-order valence-electron chi connectivity index (χ0n) is 22.7. The molecule has 0 aliphatic rings. The van der Waals surface area contributed by atoms with Gasteiger partial charge < -0.3 is 14.4 Å². The van der Waals surface area contributed by atoms with Gasteiger partial charge in [0.1, 0.15) is 22.1 Å². The Morgan fingerprint density at radius 2 is 1.32 bits per heavy atom. The lowest BCUT2D eigenvalue weighted by molar-refractivity contribution is 0.474. The van der Waals surface area contributed by atoms with Crippen molar-refractivity contribution in [2.75, 3.05) is 0 Å². The minimum atomic E-state index is -4.70. The van der Waals surface area contributed by atoms with Gasteiger partial charge in [-0.25, -0.2) is 0 Å². The SMILES string of the molecule is CC(c1ccc(O)cc1)(c1ccc(O)cc1)c1ccc(OS(=O)(=O)c2cccc3c(=O)c(=O)c(=NN=N)c(=N[N+]#N)c23)cc1. The van der Waals surface area contributed by atoms with Crippen LogP contribution < -0.4 is 25.8 Å². The number of benzene rings is 5. The normalized spacial score (nSPS) is 12.6. The van der Waals surface area contributed by atoms with E-state index < -0.39 is 47.4 Å². The molecule has 0 saturated carbocycles. The van der Waals surface area contributed by atoms with Gasteiger partial charge in [0.15, 0.2) is 15.8 Å². The van der Waals surface area contributed by atoms with E-state index in [1.165, 1.54) is 24.3 Å². The van der Waals surface area contributed by atoms with E-state index in [-0.39, 0.29) is 22.6 Å². The first-order valence-corrected chi connectivity index (χ1v) is 14.2. The molecule has 0 heterocycles. The summed E-state index contributed by atoms with van der Waals surface area (Å²) >= 11 is 0. The molecule has 5 rings (SSSR count). The summed E-state index contributed by atoms with van der Waals surface area (Å²) in [7, 11) is -4.70. The number of aromatic hydroxyl groups is 2. The van der Waals surface area contributed by atoms with Crippen LogP contribution in [0.1, 0.15) is 23.6 Å². The lowest BCUT2D eigenvalue weighted by Crippen LogP contribution is -2.48. The number of phenolic OH excluding ortho intramolecular Hbond substituents is 2. The fourth-order valence-corrected chi connectivity index (χ4v) is 6.17. The average Bonchev–Trinajstić information content (AvgIpc) is 3.01. The van der Waals surface area contributed by atoms with E-state index in [1.807, 2.05) is 6.92 Å². The van der Waals surface area contributed by atoms with E-state index in [1.54, 1.807) is 60.7 Å². The summed E-state index contributed by atoms with van der Waals surface area (Å²) in [6.07, 6.45) is 0. The van der Waals surface area contributed by atoms with Gasteiger partial charge >= 0.3 is 15.2 Å². The Morgan fingerprint density at radius 3 is 1.82 bits per heavy atom. The van der Waals surface area contributed by atoms with Crippen molar-refractivity contribution in [3.05, 3.63) is 144 Å². The van der Waals surface area contributed by atoms with Crippen molar-refractivity contribution in [3.63, 3.8) is 0 Å². The average molecular weight is 610 g/mol. The summed E-state index contributed by atoms with van der Waals surface area (Å²) < 4.78 is 32.5. The summed E-state index contributed by atoms with van der Waals surface area (Å²) in [4.78, 5) is 24.7. The summed E-state index contributed by atoms with van der Waals surface area (Å²) in [6, 6.07) is 22.9. The standard InChI is InChI=1S/C30H20N6O7S/c1-30(17-5-11-20(37)12-6-17,18-7-13-21(38)14-8-18)19-9-15-22(16-10-19)43-44(41,42)24-4-2-3-23-25(24)26(33-35-31)27(34-36-32)29(40)28(23)39/h2-16,32H,1H3,(H-,37,38)/p+1. The zero-order chi connectivity index (χ0) is 31.6. The first kappa shape index (κ1) is 29.4. The molecule has 5 aromatic carbocycles. The summed E-state index contributed by atoms with van der Waals surface area (Å²) in [5.41, 5.74) is 6.16. The summed E-state index contributed by atoms with van der Waals surface area (Å²) in [5, 5.41) is 38.7. The Kier molecular flexibility index (Phi) is 7.56. The van der Waals surface area contributed by atoms with Gasteiger partial charge in [-0.2, -0.15) is 13.9 Å². The quantitative estimate of drug-likeness (QED) is 0.0620. The fourth-order valence-electron chi connectivity index (χ4n) is 5.02. The molecule has 0 aliphatic carbocycles. The molecule has 0 fully saturated rings. The maximum absolute atomic E-state index is 13.6. The Labute approximate surface area is 248 Å². The molecule has 44 heavy (non-hydrogen) atoms. The van der Waals surface area contributed by atoms with Crippen molar-refractivity contribution in [3.8, 4) is 17.2 Å². The Bertz CT molecular complexity index is 2260. The number of phenols is 2. The van der Waals surface area contributed by atoms with Crippen LogP contribution >= 0.6 is 0 Å². The van der Waals surface area contributed by atoms with Gasteiger partial charge in [-0.15, -0.1) is 5.10 Å². The molecule has 0 bridgehead atoms. The molecule has 14 heteroatoms. The van der Waals surface area contributed by atoms with Crippen molar-refractivity contribution in [2.45, 2.75) is 17.2 Å². The van der Waals surface area contributed by atoms with Gasteiger partial charge in [-0.05, 0) is 66.1 Å². The zero-order valence-corrected chi connectivity index (χ0v) is 23.6. The Morgan fingerprint density at radius 1 is 0.795 bits per heavy atom. The Hall–Kier alpha value is -6.07. The van der Waals surface area contributed by atoms with Crippen molar-refractivity contribution in [2.24, 2.45) is 15.4 Å². The number of hydrogen-bond acceptors (Lipinski definition) is 11. The van der Waals surface area contributed by atoms with E-state index in [9.17, 15) is 28.2 Å². The van der Waals surface area contributed by atoms with Crippen LogP contribution in [0.2, 0.25) is 0 Å². The largest absolute Gasteiger partial charge is 0.508 e. The van der Waals surface area contributed by atoms with Crippen molar-refractivity contribution < 1.29 is 22.8 Å². The molecule has 0 amide bonds. The topological polar surface area (TPSA) is 207 Å². The smallest absolute Gasteiger partial charge is 0.339 e. The van der Waals surface area contributed by atoms with Crippen LogP contribution in [0.5, 0.6) is 17.2 Å². The lowest BCUT2D eigenvalue weighted by Gasteiger charge is -2.32. The van der Waals surface area contributed by atoms with Gasteiger partial charge in [-0.3, -0.25) is 9.59 Å². The third-order valence-electron chi connectivity index (χ3n) is 7.24. The molecule has 5 aromatic rings. The Balaban J connectivity index is 1.63. The molecule has 0 spiro atoms. The van der Waals surface area contributed by atoms with E-state index in [2.05, 4.69) is 20.5 Å². The molecule has 218 valence electrons. The van der Waals surface area contributed by atoms with E-state index in [4.69, 9.17) is 15.1 Å². The van der Waals surface area contributed by atoms with Crippen LogP contribution in [0.15, 0.2) is 121 Å². The van der Waals surface area contributed by atoms with Gasteiger partial charge in [0.2, 0.25) is 5.43 Å². The first-order valence-electron chi connectivity index (χ1n) is 12.7. The van der Waals surface area contributed by atoms with E-state index in [0.29, 0.717) is 0 Å². The van der Waals surface area contributed by atoms with Gasteiger partial charge in [0.05, 0.1) is 0 Å². The highest BCUT2D eigenvalue weighted by atomic mass is 32.2. The number of diazo groups is 1. The predicted octanol–water partition coefficient (Wildman–Crippen LogP) is 3.48. The molecule has 0 radical (unpaired) electrons. The maximum Gasteiger partial charge on any atom is 0.339 e. The second-order valence-electron chi connectivity index (χ2n) is 9.70. The highest BCUT2D eigenvalue weighted by molar-refractivity contribution is 7.87. The van der Waals surface area contributed by atoms with Crippen molar-refractivity contribution in [1.82, 2.24) is 0 Å². The fraction of sp³-hybridized carbons (Fsp3) is 0.0667. The minimum absolute atomic E-state index is 0.0817. The highest BCUT2D eigenvalue weighted by Crippen LogP contribution is 2.40. The van der Waals surface area contributed by atoms with Gasteiger partial charge in [0.25, 0.3) is 10.8 Å². The molecular weight excluding hydrogens is 588 g/mol. The monoisotopic (exact) mass is 609 g/mol. The summed E-state index contributed by atoms with van der Waals surface area (Å²) in [6.45, 7) is 1.93. The van der Waals surface area contributed by atoms with Crippen LogP contribution in [0.4, 0.5) is 0 Å². The molecule has 0 aliphatic heterocycles. The molecular formula is C30H21N6O7S+. The molecule has 0 aromatic heterocycles. The number of nitrogens with zero attached hydrogens (tertiary/aromatic N) is 5. The second-order valence-corrected chi connectivity index (χ2v) is 11.2. The first-order chi connectivity index (χ1) is 21.0. The van der Waals surface area contributed by atoms with Gasteiger partial charge in [-0.1, -0.05) is 53.8 Å². The van der Waals surface area contributed by atoms with E-state index in [0.717, 1.165) is 22.8 Å². The molecule has 13 nitrogen and oxygen atoms in total. The van der Waals surface area contributed by atoms with Crippen molar-refractivity contribution in [1.29, 1.82) is 10.9 Å². The molecule has 3 N–H and O–H groups in total. The van der Waals surface area contributed by atoms with Crippen LogP contribution in [-0.4, -0.2) is 18.6 Å².